The van der Waals surface area contributed by atoms with Crippen LogP contribution < -0.4 is 5.32 Å². The molecule has 0 aliphatic carbocycles. The van der Waals surface area contributed by atoms with E-state index in [9.17, 15) is 4.79 Å². The van der Waals surface area contributed by atoms with E-state index in [0.717, 1.165) is 38.6 Å². The van der Waals surface area contributed by atoms with Gasteiger partial charge in [0.15, 0.2) is 0 Å². The third-order valence-corrected chi connectivity index (χ3v) is 2.65. The molecule has 0 bridgehead atoms. The summed E-state index contributed by atoms with van der Waals surface area (Å²) in [6.45, 7) is 0.935. The molecule has 0 atom stereocenters. The van der Waals surface area contributed by atoms with Crippen molar-refractivity contribution in [1.82, 2.24) is 5.32 Å². The number of carbonyl (C=O) groups is 1. The maximum atomic E-state index is 11.5. The molecular weight excluding hydrogens is 198 g/mol. The van der Waals surface area contributed by atoms with Crippen LogP contribution in [-0.4, -0.2) is 19.4 Å². The summed E-state index contributed by atoms with van der Waals surface area (Å²) in [4.78, 5) is 11.5. The van der Waals surface area contributed by atoms with Crippen LogP contribution in [0.2, 0.25) is 0 Å². The fourth-order valence-electron chi connectivity index (χ4n) is 1.72. The maximum Gasteiger partial charge on any atom is 0.132 e. The molecule has 0 radical (unpaired) electrons. The van der Waals surface area contributed by atoms with E-state index >= 15 is 0 Å². The molecule has 88 valence electrons. The third kappa shape index (κ3) is 5.66. The fraction of sp³-hybridized carbons (Fsp3) is 0.500. The summed E-state index contributed by atoms with van der Waals surface area (Å²) in [5.41, 5.74) is 1.32. The first-order chi connectivity index (χ1) is 7.83. The zero-order chi connectivity index (χ0) is 11.6. The van der Waals surface area contributed by atoms with E-state index in [1.807, 2.05) is 25.2 Å². The van der Waals surface area contributed by atoms with E-state index in [0.29, 0.717) is 5.78 Å². The highest BCUT2D eigenvalue weighted by atomic mass is 16.1. The van der Waals surface area contributed by atoms with Gasteiger partial charge in [-0.15, -0.1) is 0 Å². The molecule has 1 N–H and O–H groups in total. The Morgan fingerprint density at radius 2 is 1.81 bits per heavy atom. The highest BCUT2D eigenvalue weighted by Crippen LogP contribution is 2.06. The second kappa shape index (κ2) is 8.05. The molecule has 0 heterocycles. The molecule has 1 aromatic rings. The predicted octanol–water partition coefficient (Wildman–Crippen LogP) is 2.58. The molecular formula is C14H21NO. The van der Waals surface area contributed by atoms with Gasteiger partial charge in [-0.2, -0.15) is 0 Å². The standard InChI is InChI=1S/C14H21NO/c1-15-12-6-11-14(16)10-5-9-13-7-3-2-4-8-13/h2-4,7-8,15H,5-6,9-12H2,1H3. The summed E-state index contributed by atoms with van der Waals surface area (Å²) in [7, 11) is 1.92. The third-order valence-electron chi connectivity index (χ3n) is 2.65. The molecule has 2 nitrogen and oxygen atoms in total. The highest BCUT2D eigenvalue weighted by molar-refractivity contribution is 5.78. The summed E-state index contributed by atoms with van der Waals surface area (Å²) in [5.74, 6) is 0.395. The molecule has 16 heavy (non-hydrogen) atoms. The number of hydrogen-bond donors (Lipinski definition) is 1. The summed E-state index contributed by atoms with van der Waals surface area (Å²) in [5, 5.41) is 3.05. The number of Topliss-reactive ketones (excluding diaryl/α,β-unsaturated/α-hetero) is 1. The van der Waals surface area contributed by atoms with Crippen LogP contribution in [0.15, 0.2) is 30.3 Å². The average Bonchev–Trinajstić information content (AvgIpc) is 2.31. The highest BCUT2D eigenvalue weighted by Gasteiger charge is 2.01. The molecule has 0 saturated heterocycles. The number of carbonyl (C=O) groups excluding carboxylic acids is 1. The normalized spacial score (nSPS) is 10.3. The lowest BCUT2D eigenvalue weighted by Crippen LogP contribution is -2.09. The van der Waals surface area contributed by atoms with Crippen LogP contribution in [0.25, 0.3) is 0 Å². The Morgan fingerprint density at radius 1 is 1.12 bits per heavy atom. The molecule has 1 rings (SSSR count). The number of rotatable bonds is 8. The summed E-state index contributed by atoms with van der Waals surface area (Å²) >= 11 is 0. The number of aryl methyl sites for hydroxylation is 1. The number of ketones is 1. The van der Waals surface area contributed by atoms with Crippen molar-refractivity contribution < 1.29 is 4.79 Å². The predicted molar refractivity (Wildman–Crippen MR) is 67.5 cm³/mol. The van der Waals surface area contributed by atoms with E-state index in [1.165, 1.54) is 5.56 Å². The first-order valence-corrected chi connectivity index (χ1v) is 6.03. The van der Waals surface area contributed by atoms with Gasteiger partial charge in [0, 0.05) is 12.8 Å². The van der Waals surface area contributed by atoms with Crippen molar-refractivity contribution in [3.63, 3.8) is 0 Å². The van der Waals surface area contributed by atoms with Crippen LogP contribution in [0.3, 0.4) is 0 Å². The Balaban J connectivity index is 2.09. The molecule has 0 aromatic heterocycles. The van der Waals surface area contributed by atoms with Crippen molar-refractivity contribution in [3.8, 4) is 0 Å². The number of benzene rings is 1. The Bertz CT molecular complexity index is 295. The van der Waals surface area contributed by atoms with Gasteiger partial charge in [0.25, 0.3) is 0 Å². The summed E-state index contributed by atoms with van der Waals surface area (Å²) < 4.78 is 0. The van der Waals surface area contributed by atoms with Crippen molar-refractivity contribution in [2.75, 3.05) is 13.6 Å². The Hall–Kier alpha value is -1.15. The summed E-state index contributed by atoms with van der Waals surface area (Å²) in [6, 6.07) is 10.3. The van der Waals surface area contributed by atoms with Crippen molar-refractivity contribution in [1.29, 1.82) is 0 Å². The molecule has 2 heteroatoms. The topological polar surface area (TPSA) is 29.1 Å². The van der Waals surface area contributed by atoms with Gasteiger partial charge in [0.05, 0.1) is 0 Å². The van der Waals surface area contributed by atoms with E-state index in [2.05, 4.69) is 17.4 Å². The second-order valence-electron chi connectivity index (χ2n) is 4.08. The van der Waals surface area contributed by atoms with Gasteiger partial charge >= 0.3 is 0 Å². The van der Waals surface area contributed by atoms with Gasteiger partial charge in [0.1, 0.15) is 5.78 Å². The Labute approximate surface area is 98.1 Å². The number of nitrogens with one attached hydrogen (secondary N) is 1. The summed E-state index contributed by atoms with van der Waals surface area (Å²) in [6.07, 6.45) is 4.38. The van der Waals surface area contributed by atoms with Gasteiger partial charge < -0.3 is 5.32 Å². The van der Waals surface area contributed by atoms with Crippen LogP contribution in [0.4, 0.5) is 0 Å². The largest absolute Gasteiger partial charge is 0.320 e. The molecule has 0 saturated carbocycles. The van der Waals surface area contributed by atoms with Crippen LogP contribution in [0, 0.1) is 0 Å². The SMILES string of the molecule is CNCCCC(=O)CCCc1ccccc1. The zero-order valence-electron chi connectivity index (χ0n) is 10.0. The minimum Gasteiger partial charge on any atom is -0.320 e. The lowest BCUT2D eigenvalue weighted by molar-refractivity contribution is -0.119. The van der Waals surface area contributed by atoms with Crippen molar-refractivity contribution in [3.05, 3.63) is 35.9 Å². The minimum absolute atomic E-state index is 0.395. The van der Waals surface area contributed by atoms with Crippen LogP contribution in [0.5, 0.6) is 0 Å². The first kappa shape index (κ1) is 12.9. The van der Waals surface area contributed by atoms with Crippen molar-refractivity contribution >= 4 is 5.78 Å². The second-order valence-corrected chi connectivity index (χ2v) is 4.08. The van der Waals surface area contributed by atoms with Gasteiger partial charge in [0.2, 0.25) is 0 Å². The lowest BCUT2D eigenvalue weighted by Gasteiger charge is -2.01. The van der Waals surface area contributed by atoms with Gasteiger partial charge in [-0.25, -0.2) is 0 Å². The molecule has 0 aliphatic rings. The van der Waals surface area contributed by atoms with E-state index in [-0.39, 0.29) is 0 Å². The molecule has 0 amide bonds. The van der Waals surface area contributed by atoms with Crippen molar-refractivity contribution in [2.24, 2.45) is 0 Å². The molecule has 0 unspecified atom stereocenters. The van der Waals surface area contributed by atoms with Gasteiger partial charge in [-0.1, -0.05) is 30.3 Å². The molecule has 1 aromatic carbocycles. The quantitative estimate of drug-likeness (QED) is 0.681. The van der Waals surface area contributed by atoms with E-state index in [1.54, 1.807) is 0 Å². The van der Waals surface area contributed by atoms with Gasteiger partial charge in [-0.3, -0.25) is 4.79 Å². The van der Waals surface area contributed by atoms with Crippen molar-refractivity contribution in [2.45, 2.75) is 32.1 Å². The molecule has 0 aliphatic heterocycles. The van der Waals surface area contributed by atoms with Crippen LogP contribution in [-0.2, 0) is 11.2 Å². The van der Waals surface area contributed by atoms with Crippen LogP contribution >= 0.6 is 0 Å². The van der Waals surface area contributed by atoms with E-state index in [4.69, 9.17) is 0 Å². The number of hydrogen-bond acceptors (Lipinski definition) is 2. The first-order valence-electron chi connectivity index (χ1n) is 6.03. The fourth-order valence-corrected chi connectivity index (χ4v) is 1.72. The Morgan fingerprint density at radius 3 is 2.50 bits per heavy atom. The zero-order valence-corrected chi connectivity index (χ0v) is 10.0. The lowest BCUT2D eigenvalue weighted by atomic mass is 10.0. The van der Waals surface area contributed by atoms with Crippen LogP contribution in [0.1, 0.15) is 31.2 Å². The maximum absolute atomic E-state index is 11.5. The monoisotopic (exact) mass is 219 g/mol. The molecule has 0 fully saturated rings. The molecule has 0 spiro atoms. The van der Waals surface area contributed by atoms with Gasteiger partial charge in [-0.05, 0) is 38.4 Å². The minimum atomic E-state index is 0.395. The smallest absolute Gasteiger partial charge is 0.132 e. The Kier molecular flexibility index (Phi) is 6.50. The average molecular weight is 219 g/mol. The van der Waals surface area contributed by atoms with E-state index < -0.39 is 0 Å².